The van der Waals surface area contributed by atoms with Crippen molar-refractivity contribution in [2.75, 3.05) is 11.9 Å². The highest BCUT2D eigenvalue weighted by molar-refractivity contribution is 5.44. The summed E-state index contributed by atoms with van der Waals surface area (Å²) >= 11 is 0. The van der Waals surface area contributed by atoms with Gasteiger partial charge in [0.25, 0.3) is 0 Å². The number of anilines is 1. The third-order valence-electron chi connectivity index (χ3n) is 3.91. The van der Waals surface area contributed by atoms with E-state index in [0.717, 1.165) is 18.9 Å². The van der Waals surface area contributed by atoms with Gasteiger partial charge in [-0.05, 0) is 42.5 Å². The average molecular weight is 273 g/mol. The molecule has 1 unspecified atom stereocenters. The molecule has 1 aliphatic rings. The molecule has 0 aromatic heterocycles. The van der Waals surface area contributed by atoms with Gasteiger partial charge in [-0.3, -0.25) is 0 Å². The van der Waals surface area contributed by atoms with Gasteiger partial charge in [0.1, 0.15) is 11.6 Å². The maximum atomic E-state index is 13.2. The summed E-state index contributed by atoms with van der Waals surface area (Å²) in [7, 11) is 0. The molecule has 104 valence electrons. The van der Waals surface area contributed by atoms with Crippen molar-refractivity contribution in [2.24, 2.45) is 0 Å². The minimum absolute atomic E-state index is 0.409. The molecule has 2 aromatic rings. The van der Waals surface area contributed by atoms with Crippen LogP contribution in [0.15, 0.2) is 42.5 Å². The Bertz CT molecular complexity index is 589. The Morgan fingerprint density at radius 3 is 2.60 bits per heavy atom. The van der Waals surface area contributed by atoms with E-state index in [1.165, 1.54) is 29.7 Å². The van der Waals surface area contributed by atoms with E-state index in [9.17, 15) is 8.78 Å². The first-order valence-corrected chi connectivity index (χ1v) is 7.00. The predicted octanol–water partition coefficient (Wildman–Crippen LogP) is 4.50. The van der Waals surface area contributed by atoms with Crippen LogP contribution in [0.25, 0.3) is 0 Å². The predicted molar refractivity (Wildman–Crippen MR) is 77.0 cm³/mol. The van der Waals surface area contributed by atoms with Crippen molar-refractivity contribution >= 4 is 5.69 Å². The average Bonchev–Trinajstić information content (AvgIpc) is 2.44. The van der Waals surface area contributed by atoms with E-state index in [4.69, 9.17) is 0 Å². The fourth-order valence-corrected chi connectivity index (χ4v) is 2.96. The van der Waals surface area contributed by atoms with Crippen LogP contribution in [0.3, 0.4) is 0 Å². The molecule has 1 atom stereocenters. The molecular formula is C17H17F2N. The van der Waals surface area contributed by atoms with Crippen LogP contribution < -0.4 is 5.32 Å². The van der Waals surface area contributed by atoms with Gasteiger partial charge in [-0.2, -0.15) is 0 Å². The summed E-state index contributed by atoms with van der Waals surface area (Å²) in [6.45, 7) is 0.708. The van der Waals surface area contributed by atoms with Crippen molar-refractivity contribution in [1.29, 1.82) is 0 Å². The quantitative estimate of drug-likeness (QED) is 0.868. The van der Waals surface area contributed by atoms with E-state index in [-0.39, 0.29) is 0 Å². The minimum atomic E-state index is -0.545. The van der Waals surface area contributed by atoms with Gasteiger partial charge >= 0.3 is 0 Å². The SMILES string of the molecule is Fc1cc(F)cc(NCC2CCCc3ccccc32)c1. The molecule has 0 saturated carbocycles. The molecule has 0 aliphatic heterocycles. The Hall–Kier alpha value is -1.90. The number of rotatable bonds is 3. The fraction of sp³-hybridized carbons (Fsp3) is 0.294. The normalized spacial score (nSPS) is 17.6. The summed E-state index contributed by atoms with van der Waals surface area (Å²) in [6.07, 6.45) is 3.41. The van der Waals surface area contributed by atoms with Crippen LogP contribution in [0.2, 0.25) is 0 Å². The summed E-state index contributed by atoms with van der Waals surface area (Å²) in [5, 5.41) is 3.16. The van der Waals surface area contributed by atoms with E-state index in [2.05, 4.69) is 29.6 Å². The fourth-order valence-electron chi connectivity index (χ4n) is 2.96. The van der Waals surface area contributed by atoms with Crippen LogP contribution in [-0.2, 0) is 6.42 Å². The second kappa shape index (κ2) is 5.61. The summed E-state index contributed by atoms with van der Waals surface area (Å²) in [4.78, 5) is 0. The molecule has 20 heavy (non-hydrogen) atoms. The Morgan fingerprint density at radius 2 is 1.80 bits per heavy atom. The van der Waals surface area contributed by atoms with Gasteiger partial charge in [-0.25, -0.2) is 8.78 Å². The smallest absolute Gasteiger partial charge is 0.128 e. The standard InChI is InChI=1S/C17H17F2N/c18-14-8-15(19)10-16(9-14)20-11-13-6-3-5-12-4-1-2-7-17(12)13/h1-2,4,7-10,13,20H,3,5-6,11H2. The lowest BCUT2D eigenvalue weighted by molar-refractivity contribution is 0.568. The van der Waals surface area contributed by atoms with E-state index in [1.807, 2.05) is 0 Å². The van der Waals surface area contributed by atoms with Gasteiger partial charge in [0.05, 0.1) is 0 Å². The Morgan fingerprint density at radius 1 is 1.05 bits per heavy atom. The minimum Gasteiger partial charge on any atom is -0.384 e. The molecule has 0 bridgehead atoms. The lowest BCUT2D eigenvalue weighted by atomic mass is 9.83. The molecule has 0 amide bonds. The number of fused-ring (bicyclic) bond motifs is 1. The van der Waals surface area contributed by atoms with E-state index >= 15 is 0 Å². The molecule has 0 saturated heterocycles. The lowest BCUT2D eigenvalue weighted by Crippen LogP contribution is -2.18. The number of hydrogen-bond donors (Lipinski definition) is 1. The second-order valence-corrected chi connectivity index (χ2v) is 5.33. The molecule has 1 N–H and O–H groups in total. The molecule has 2 aromatic carbocycles. The number of halogens is 2. The first-order valence-electron chi connectivity index (χ1n) is 7.00. The zero-order chi connectivity index (χ0) is 13.9. The number of nitrogens with one attached hydrogen (secondary N) is 1. The molecule has 0 fully saturated rings. The van der Waals surface area contributed by atoms with Crippen LogP contribution in [-0.4, -0.2) is 6.54 Å². The first-order chi connectivity index (χ1) is 9.72. The van der Waals surface area contributed by atoms with Crippen LogP contribution in [0.1, 0.15) is 29.9 Å². The highest BCUT2D eigenvalue weighted by atomic mass is 19.1. The lowest BCUT2D eigenvalue weighted by Gasteiger charge is -2.26. The summed E-state index contributed by atoms with van der Waals surface area (Å²) < 4.78 is 26.3. The van der Waals surface area contributed by atoms with Gasteiger partial charge < -0.3 is 5.32 Å². The van der Waals surface area contributed by atoms with Gasteiger partial charge in [0, 0.05) is 24.2 Å². The highest BCUT2D eigenvalue weighted by Crippen LogP contribution is 2.31. The topological polar surface area (TPSA) is 12.0 Å². The maximum Gasteiger partial charge on any atom is 0.128 e. The highest BCUT2D eigenvalue weighted by Gasteiger charge is 2.19. The molecular weight excluding hydrogens is 256 g/mol. The largest absolute Gasteiger partial charge is 0.384 e. The van der Waals surface area contributed by atoms with Gasteiger partial charge in [0.15, 0.2) is 0 Å². The van der Waals surface area contributed by atoms with Crippen molar-refractivity contribution in [2.45, 2.75) is 25.2 Å². The zero-order valence-corrected chi connectivity index (χ0v) is 11.2. The molecule has 1 aliphatic carbocycles. The van der Waals surface area contributed by atoms with Crippen molar-refractivity contribution in [3.05, 3.63) is 65.2 Å². The maximum absolute atomic E-state index is 13.2. The summed E-state index contributed by atoms with van der Waals surface area (Å²) in [6, 6.07) is 12.0. The molecule has 3 heteroatoms. The first kappa shape index (κ1) is 13.1. The van der Waals surface area contributed by atoms with E-state index in [1.54, 1.807) is 0 Å². The molecule has 0 heterocycles. The van der Waals surface area contributed by atoms with Gasteiger partial charge in [-0.15, -0.1) is 0 Å². The van der Waals surface area contributed by atoms with Crippen molar-refractivity contribution in [1.82, 2.24) is 0 Å². The van der Waals surface area contributed by atoms with Crippen LogP contribution in [0, 0.1) is 11.6 Å². The monoisotopic (exact) mass is 273 g/mol. The zero-order valence-electron chi connectivity index (χ0n) is 11.2. The molecule has 1 nitrogen and oxygen atoms in total. The molecule has 3 rings (SSSR count). The Kier molecular flexibility index (Phi) is 3.68. The number of hydrogen-bond acceptors (Lipinski definition) is 1. The number of aryl methyl sites for hydroxylation is 1. The molecule has 0 spiro atoms. The Labute approximate surface area is 117 Å². The van der Waals surface area contributed by atoms with Gasteiger partial charge in [0.2, 0.25) is 0 Å². The van der Waals surface area contributed by atoms with Crippen LogP contribution in [0.5, 0.6) is 0 Å². The van der Waals surface area contributed by atoms with Crippen LogP contribution >= 0.6 is 0 Å². The third-order valence-corrected chi connectivity index (χ3v) is 3.91. The third kappa shape index (κ3) is 2.82. The van der Waals surface area contributed by atoms with Crippen molar-refractivity contribution in [3.63, 3.8) is 0 Å². The van der Waals surface area contributed by atoms with Gasteiger partial charge in [-0.1, -0.05) is 24.3 Å². The van der Waals surface area contributed by atoms with E-state index in [0.29, 0.717) is 18.2 Å². The molecule has 0 radical (unpaired) electrons. The summed E-state index contributed by atoms with van der Waals surface area (Å²) in [5.41, 5.74) is 3.27. The van der Waals surface area contributed by atoms with E-state index < -0.39 is 11.6 Å². The number of benzene rings is 2. The second-order valence-electron chi connectivity index (χ2n) is 5.33. The van der Waals surface area contributed by atoms with Crippen molar-refractivity contribution in [3.8, 4) is 0 Å². The Balaban J connectivity index is 1.73. The summed E-state index contributed by atoms with van der Waals surface area (Å²) in [5.74, 6) is -0.681. The van der Waals surface area contributed by atoms with Crippen LogP contribution in [0.4, 0.5) is 14.5 Å². The van der Waals surface area contributed by atoms with Crippen molar-refractivity contribution < 1.29 is 8.78 Å².